The highest BCUT2D eigenvalue weighted by Crippen LogP contribution is 2.15. The minimum absolute atomic E-state index is 0.205. The fourth-order valence-corrected chi connectivity index (χ4v) is 2.65. The second kappa shape index (κ2) is 8.91. The number of guanidine groups is 1. The monoisotopic (exact) mass is 364 g/mol. The van der Waals surface area contributed by atoms with Crippen molar-refractivity contribution >= 4 is 12.1 Å². The number of hydrogen-bond acceptors (Lipinski definition) is 4. The minimum atomic E-state index is -0.459. The van der Waals surface area contributed by atoms with Gasteiger partial charge in [-0.15, -0.1) is 0 Å². The van der Waals surface area contributed by atoms with Crippen molar-refractivity contribution in [2.45, 2.75) is 59.1 Å². The Morgan fingerprint density at radius 1 is 1.46 bits per heavy atom. The number of rotatable bonds is 6. The van der Waals surface area contributed by atoms with Crippen LogP contribution in [0.3, 0.4) is 0 Å². The maximum Gasteiger partial charge on any atom is 0.410 e. The third-order valence-corrected chi connectivity index (χ3v) is 4.03. The van der Waals surface area contributed by atoms with Crippen molar-refractivity contribution in [1.29, 1.82) is 0 Å². The molecule has 0 aromatic carbocycles. The Balaban J connectivity index is 1.73. The van der Waals surface area contributed by atoms with E-state index in [-0.39, 0.29) is 12.1 Å². The molecule has 2 heterocycles. The molecule has 0 aliphatic carbocycles. The van der Waals surface area contributed by atoms with Crippen LogP contribution in [0, 0.1) is 6.92 Å². The quantitative estimate of drug-likeness (QED) is 0.407. The molecule has 0 bridgehead atoms. The van der Waals surface area contributed by atoms with Gasteiger partial charge in [-0.1, -0.05) is 0 Å². The first-order valence-electron chi connectivity index (χ1n) is 9.30. The van der Waals surface area contributed by atoms with Gasteiger partial charge in [0.2, 0.25) is 0 Å². The van der Waals surface area contributed by atoms with Gasteiger partial charge < -0.3 is 20.3 Å². The number of hydrogen-bond donors (Lipinski definition) is 3. The topological polar surface area (TPSA) is 94.6 Å². The van der Waals surface area contributed by atoms with Crippen molar-refractivity contribution in [2.75, 3.05) is 26.2 Å². The molecule has 26 heavy (non-hydrogen) atoms. The van der Waals surface area contributed by atoms with E-state index in [0.717, 1.165) is 37.6 Å². The Labute approximate surface area is 155 Å². The SMILES string of the molecule is CCNC(=NCCCc1cn[nH]c1C)NC1CN(C(=O)OC(C)(C)C)C1. The van der Waals surface area contributed by atoms with E-state index in [4.69, 9.17) is 4.74 Å². The van der Waals surface area contributed by atoms with E-state index in [1.165, 1.54) is 5.56 Å². The molecule has 3 N–H and O–H groups in total. The number of ether oxygens (including phenoxy) is 1. The fraction of sp³-hybridized carbons (Fsp3) is 0.722. The van der Waals surface area contributed by atoms with E-state index in [1.807, 2.05) is 40.8 Å². The number of aromatic amines is 1. The number of aliphatic imine (C=N–C) groups is 1. The highest BCUT2D eigenvalue weighted by atomic mass is 16.6. The smallest absolute Gasteiger partial charge is 0.410 e. The first-order valence-corrected chi connectivity index (χ1v) is 9.30. The summed E-state index contributed by atoms with van der Waals surface area (Å²) in [6.07, 6.45) is 3.54. The predicted molar refractivity (Wildman–Crippen MR) is 102 cm³/mol. The molecule has 0 atom stereocenters. The summed E-state index contributed by atoms with van der Waals surface area (Å²) in [5.74, 6) is 0.797. The normalized spacial score (nSPS) is 15.6. The van der Waals surface area contributed by atoms with Gasteiger partial charge in [0.15, 0.2) is 5.96 Å². The third kappa shape index (κ3) is 6.24. The summed E-state index contributed by atoms with van der Waals surface area (Å²) in [4.78, 5) is 18.3. The lowest BCUT2D eigenvalue weighted by atomic mass is 10.1. The van der Waals surface area contributed by atoms with Crippen LogP contribution in [0.25, 0.3) is 0 Å². The first kappa shape index (κ1) is 20.1. The average molecular weight is 364 g/mol. The summed E-state index contributed by atoms with van der Waals surface area (Å²) < 4.78 is 5.37. The molecule has 1 aliphatic rings. The van der Waals surface area contributed by atoms with Gasteiger partial charge in [-0.05, 0) is 53.0 Å². The Morgan fingerprint density at radius 2 is 2.19 bits per heavy atom. The van der Waals surface area contributed by atoms with Gasteiger partial charge in [0.25, 0.3) is 0 Å². The van der Waals surface area contributed by atoms with Crippen LogP contribution in [0.5, 0.6) is 0 Å². The number of carbonyl (C=O) groups excluding carboxylic acids is 1. The zero-order valence-electron chi connectivity index (χ0n) is 16.6. The summed E-state index contributed by atoms with van der Waals surface area (Å²) in [5.41, 5.74) is 1.90. The number of carbonyl (C=O) groups is 1. The van der Waals surface area contributed by atoms with Crippen LogP contribution in [-0.4, -0.2) is 65.0 Å². The van der Waals surface area contributed by atoms with Crippen LogP contribution in [0.1, 0.15) is 45.4 Å². The van der Waals surface area contributed by atoms with E-state index in [9.17, 15) is 4.79 Å². The van der Waals surface area contributed by atoms with Crippen molar-refractivity contribution in [3.8, 4) is 0 Å². The molecule has 146 valence electrons. The molecule has 1 aliphatic heterocycles. The molecule has 1 aromatic heterocycles. The van der Waals surface area contributed by atoms with Crippen LogP contribution >= 0.6 is 0 Å². The zero-order valence-corrected chi connectivity index (χ0v) is 16.6. The van der Waals surface area contributed by atoms with Gasteiger partial charge in [-0.25, -0.2) is 4.79 Å². The standard InChI is InChI=1S/C18H32N6O2/c1-6-19-16(20-9-7-8-14-10-21-23-13(14)2)22-15-11-24(12-15)17(25)26-18(3,4)5/h10,15H,6-9,11-12H2,1-5H3,(H,21,23)(H2,19,20,22). The number of H-pyrrole nitrogens is 1. The fourth-order valence-electron chi connectivity index (χ4n) is 2.65. The van der Waals surface area contributed by atoms with Crippen molar-refractivity contribution in [2.24, 2.45) is 4.99 Å². The van der Waals surface area contributed by atoms with Crippen molar-refractivity contribution in [3.05, 3.63) is 17.5 Å². The molecule has 0 spiro atoms. The summed E-state index contributed by atoms with van der Waals surface area (Å²) in [6.45, 7) is 12.5. The van der Waals surface area contributed by atoms with Gasteiger partial charge in [0, 0.05) is 31.9 Å². The maximum atomic E-state index is 12.0. The Bertz CT molecular complexity index is 613. The first-order chi connectivity index (χ1) is 12.3. The minimum Gasteiger partial charge on any atom is -0.444 e. The van der Waals surface area contributed by atoms with Crippen LogP contribution in [0.2, 0.25) is 0 Å². The van der Waals surface area contributed by atoms with Crippen LogP contribution < -0.4 is 10.6 Å². The van der Waals surface area contributed by atoms with Crippen molar-refractivity contribution in [3.63, 3.8) is 0 Å². The number of aromatic nitrogens is 2. The van der Waals surface area contributed by atoms with Crippen molar-refractivity contribution < 1.29 is 9.53 Å². The highest BCUT2D eigenvalue weighted by molar-refractivity contribution is 5.80. The molecular formula is C18H32N6O2. The summed E-state index contributed by atoms with van der Waals surface area (Å²) in [5, 5.41) is 13.6. The molecule has 1 saturated heterocycles. The largest absolute Gasteiger partial charge is 0.444 e. The van der Waals surface area contributed by atoms with E-state index in [2.05, 4.69) is 25.8 Å². The van der Waals surface area contributed by atoms with Crippen LogP contribution in [0.15, 0.2) is 11.2 Å². The van der Waals surface area contributed by atoms with Crippen molar-refractivity contribution in [1.82, 2.24) is 25.7 Å². The molecular weight excluding hydrogens is 332 g/mol. The van der Waals surface area contributed by atoms with Gasteiger partial charge in [-0.2, -0.15) is 5.10 Å². The number of aryl methyl sites for hydroxylation is 2. The maximum absolute atomic E-state index is 12.0. The Morgan fingerprint density at radius 3 is 2.77 bits per heavy atom. The molecule has 0 unspecified atom stereocenters. The lowest BCUT2D eigenvalue weighted by molar-refractivity contribution is 0.00701. The second-order valence-electron chi connectivity index (χ2n) is 7.61. The molecule has 0 radical (unpaired) electrons. The van der Waals surface area contributed by atoms with Gasteiger partial charge >= 0.3 is 6.09 Å². The van der Waals surface area contributed by atoms with Crippen LogP contribution in [0.4, 0.5) is 4.79 Å². The molecule has 1 fully saturated rings. The lowest BCUT2D eigenvalue weighted by Crippen LogP contribution is -2.63. The Hall–Kier alpha value is -2.25. The van der Waals surface area contributed by atoms with Gasteiger partial charge in [0.05, 0.1) is 12.2 Å². The predicted octanol–water partition coefficient (Wildman–Crippen LogP) is 1.83. The van der Waals surface area contributed by atoms with E-state index < -0.39 is 5.60 Å². The van der Waals surface area contributed by atoms with Gasteiger partial charge in [-0.3, -0.25) is 10.1 Å². The molecule has 2 rings (SSSR count). The number of likely N-dealkylation sites (tertiary alicyclic amines) is 1. The highest BCUT2D eigenvalue weighted by Gasteiger charge is 2.34. The van der Waals surface area contributed by atoms with E-state index in [1.54, 1.807) is 4.90 Å². The lowest BCUT2D eigenvalue weighted by Gasteiger charge is -2.40. The molecule has 8 heteroatoms. The summed E-state index contributed by atoms with van der Waals surface area (Å²) in [7, 11) is 0. The zero-order chi connectivity index (χ0) is 19.2. The molecule has 1 aromatic rings. The number of amides is 1. The molecule has 1 amide bonds. The summed E-state index contributed by atoms with van der Waals surface area (Å²) >= 11 is 0. The summed E-state index contributed by atoms with van der Waals surface area (Å²) in [6, 6.07) is 0.205. The van der Waals surface area contributed by atoms with Crippen LogP contribution in [-0.2, 0) is 11.2 Å². The second-order valence-corrected chi connectivity index (χ2v) is 7.61. The third-order valence-electron chi connectivity index (χ3n) is 4.03. The van der Waals surface area contributed by atoms with Gasteiger partial charge in [0.1, 0.15) is 5.60 Å². The van der Waals surface area contributed by atoms with E-state index >= 15 is 0 Å². The van der Waals surface area contributed by atoms with E-state index in [0.29, 0.717) is 13.1 Å². The average Bonchev–Trinajstić information content (AvgIpc) is 2.90. The number of nitrogens with zero attached hydrogens (tertiary/aromatic N) is 3. The molecule has 8 nitrogen and oxygen atoms in total. The Kier molecular flexibility index (Phi) is 6.88. The molecule has 0 saturated carbocycles. The number of nitrogens with one attached hydrogen (secondary N) is 3.